The van der Waals surface area contributed by atoms with E-state index in [0.717, 1.165) is 12.8 Å². The zero-order valence-electron chi connectivity index (χ0n) is 7.09. The van der Waals surface area contributed by atoms with Crippen molar-refractivity contribution in [1.29, 1.82) is 0 Å². The smallest absolute Gasteiger partial charge is 0.0599 e. The van der Waals surface area contributed by atoms with Crippen LogP contribution in [0.2, 0.25) is 0 Å². The Hall–Kier alpha value is -0.300. The van der Waals surface area contributed by atoms with E-state index < -0.39 is 0 Å². The van der Waals surface area contributed by atoms with Gasteiger partial charge in [0.25, 0.3) is 0 Å². The van der Waals surface area contributed by atoms with Crippen LogP contribution in [-0.2, 0) is 0 Å². The van der Waals surface area contributed by atoms with Gasteiger partial charge in [-0.25, -0.2) is 0 Å². The van der Waals surface area contributed by atoms with Crippen LogP contribution in [-0.4, -0.2) is 11.2 Å². The van der Waals surface area contributed by atoms with Crippen molar-refractivity contribution in [3.63, 3.8) is 0 Å². The van der Waals surface area contributed by atoms with E-state index >= 15 is 0 Å². The Morgan fingerprint density at radius 3 is 3.00 bits per heavy atom. The summed E-state index contributed by atoms with van der Waals surface area (Å²) < 4.78 is 0. The molecule has 1 heteroatoms. The summed E-state index contributed by atoms with van der Waals surface area (Å²) in [5.74, 6) is 0.659. The fourth-order valence-electron chi connectivity index (χ4n) is 2.57. The molecule has 3 unspecified atom stereocenters. The van der Waals surface area contributed by atoms with E-state index in [0.29, 0.717) is 5.92 Å². The van der Waals surface area contributed by atoms with E-state index in [1.54, 1.807) is 0 Å². The van der Waals surface area contributed by atoms with Gasteiger partial charge in [-0.05, 0) is 31.6 Å². The molecule has 2 aliphatic carbocycles. The Morgan fingerprint density at radius 2 is 2.27 bits per heavy atom. The topological polar surface area (TPSA) is 20.2 Å². The van der Waals surface area contributed by atoms with Gasteiger partial charge in [0.15, 0.2) is 0 Å². The Bertz CT molecular complexity index is 185. The number of aliphatic hydroxyl groups excluding tert-OH is 1. The Balaban J connectivity index is 2.26. The second-order valence-electron chi connectivity index (χ2n) is 4.17. The molecule has 0 aromatic heterocycles. The van der Waals surface area contributed by atoms with E-state index in [2.05, 4.69) is 19.1 Å². The summed E-state index contributed by atoms with van der Waals surface area (Å²) in [6, 6.07) is 0. The molecule has 1 nitrogen and oxygen atoms in total. The van der Waals surface area contributed by atoms with Crippen LogP contribution >= 0.6 is 0 Å². The minimum absolute atomic E-state index is 0.0440. The van der Waals surface area contributed by atoms with E-state index in [9.17, 15) is 5.11 Å². The van der Waals surface area contributed by atoms with Gasteiger partial charge in [-0.3, -0.25) is 0 Å². The lowest BCUT2D eigenvalue weighted by Crippen LogP contribution is -2.33. The van der Waals surface area contributed by atoms with Crippen molar-refractivity contribution in [1.82, 2.24) is 0 Å². The third-order valence-corrected chi connectivity index (χ3v) is 3.58. The molecule has 3 atom stereocenters. The fourth-order valence-corrected chi connectivity index (χ4v) is 2.57. The molecule has 1 saturated carbocycles. The highest BCUT2D eigenvalue weighted by atomic mass is 16.3. The predicted octanol–water partition coefficient (Wildman–Crippen LogP) is 2.11. The molecule has 2 rings (SSSR count). The largest absolute Gasteiger partial charge is 0.393 e. The van der Waals surface area contributed by atoms with E-state index in [-0.39, 0.29) is 11.5 Å². The molecule has 0 aromatic rings. The molecule has 62 valence electrons. The first-order chi connectivity index (χ1) is 5.23. The SMILES string of the molecule is CC12CCC=CC1CCC2O. The summed E-state index contributed by atoms with van der Waals surface area (Å²) in [5, 5.41) is 9.75. The molecule has 0 bridgehead atoms. The van der Waals surface area contributed by atoms with Crippen LogP contribution in [0.1, 0.15) is 32.6 Å². The number of fused-ring (bicyclic) bond motifs is 1. The summed E-state index contributed by atoms with van der Waals surface area (Å²) in [6.07, 6.45) is 9.06. The molecule has 2 aliphatic rings. The predicted molar refractivity (Wildman–Crippen MR) is 45.2 cm³/mol. The molecule has 0 radical (unpaired) electrons. The molecule has 0 heterocycles. The van der Waals surface area contributed by atoms with Gasteiger partial charge >= 0.3 is 0 Å². The molecule has 0 aliphatic heterocycles. The monoisotopic (exact) mass is 152 g/mol. The third-order valence-electron chi connectivity index (χ3n) is 3.58. The molecular formula is C10H16O. The molecule has 0 saturated heterocycles. The molecule has 0 spiro atoms. The highest BCUT2D eigenvalue weighted by molar-refractivity contribution is 5.08. The Labute approximate surface area is 68.1 Å². The lowest BCUT2D eigenvalue weighted by Gasteiger charge is -2.35. The van der Waals surface area contributed by atoms with Gasteiger partial charge < -0.3 is 5.11 Å². The average molecular weight is 152 g/mol. The van der Waals surface area contributed by atoms with Crippen molar-refractivity contribution in [3.05, 3.63) is 12.2 Å². The highest BCUT2D eigenvalue weighted by Crippen LogP contribution is 2.49. The molecule has 0 amide bonds. The van der Waals surface area contributed by atoms with Crippen LogP contribution in [0.25, 0.3) is 0 Å². The summed E-state index contributed by atoms with van der Waals surface area (Å²) in [7, 11) is 0. The van der Waals surface area contributed by atoms with Crippen molar-refractivity contribution < 1.29 is 5.11 Å². The van der Waals surface area contributed by atoms with Gasteiger partial charge in [0.1, 0.15) is 0 Å². The maximum Gasteiger partial charge on any atom is 0.0599 e. The summed E-state index contributed by atoms with van der Waals surface area (Å²) in [6.45, 7) is 2.23. The van der Waals surface area contributed by atoms with E-state index in [1.807, 2.05) is 0 Å². The number of rotatable bonds is 0. The van der Waals surface area contributed by atoms with Gasteiger partial charge in [-0.2, -0.15) is 0 Å². The van der Waals surface area contributed by atoms with Gasteiger partial charge in [0, 0.05) is 5.41 Å². The number of hydrogen-bond acceptors (Lipinski definition) is 1. The summed E-state index contributed by atoms with van der Waals surface area (Å²) >= 11 is 0. The first-order valence-electron chi connectivity index (χ1n) is 4.58. The van der Waals surface area contributed by atoms with Crippen molar-refractivity contribution in [2.45, 2.75) is 38.7 Å². The van der Waals surface area contributed by atoms with E-state index in [1.165, 1.54) is 12.8 Å². The summed E-state index contributed by atoms with van der Waals surface area (Å²) in [4.78, 5) is 0. The third kappa shape index (κ3) is 0.943. The number of aliphatic hydroxyl groups is 1. The van der Waals surface area contributed by atoms with E-state index in [4.69, 9.17) is 0 Å². The Kier molecular flexibility index (Phi) is 1.57. The molecule has 0 aromatic carbocycles. The van der Waals surface area contributed by atoms with Crippen LogP contribution in [0.3, 0.4) is 0 Å². The summed E-state index contributed by atoms with van der Waals surface area (Å²) in [5.41, 5.74) is 0.217. The van der Waals surface area contributed by atoms with Crippen molar-refractivity contribution in [3.8, 4) is 0 Å². The van der Waals surface area contributed by atoms with Crippen LogP contribution in [0, 0.1) is 11.3 Å². The van der Waals surface area contributed by atoms with Gasteiger partial charge in [0.05, 0.1) is 6.10 Å². The molecule has 1 fully saturated rings. The molecule has 1 N–H and O–H groups in total. The fraction of sp³-hybridized carbons (Fsp3) is 0.800. The van der Waals surface area contributed by atoms with Gasteiger partial charge in [0.2, 0.25) is 0 Å². The second kappa shape index (κ2) is 2.34. The first-order valence-corrected chi connectivity index (χ1v) is 4.58. The lowest BCUT2D eigenvalue weighted by atomic mass is 9.72. The number of hydrogen-bond donors (Lipinski definition) is 1. The van der Waals surface area contributed by atoms with Crippen LogP contribution in [0.15, 0.2) is 12.2 Å². The minimum atomic E-state index is -0.0440. The normalized spacial score (nSPS) is 49.3. The zero-order valence-corrected chi connectivity index (χ0v) is 7.09. The minimum Gasteiger partial charge on any atom is -0.393 e. The maximum atomic E-state index is 9.75. The maximum absolute atomic E-state index is 9.75. The molecule has 11 heavy (non-hydrogen) atoms. The van der Waals surface area contributed by atoms with Crippen molar-refractivity contribution in [2.75, 3.05) is 0 Å². The average Bonchev–Trinajstić information content (AvgIpc) is 2.29. The quantitative estimate of drug-likeness (QED) is 0.527. The van der Waals surface area contributed by atoms with Crippen LogP contribution in [0.5, 0.6) is 0 Å². The molecular weight excluding hydrogens is 136 g/mol. The van der Waals surface area contributed by atoms with Crippen molar-refractivity contribution >= 4 is 0 Å². The zero-order chi connectivity index (χ0) is 7.90. The van der Waals surface area contributed by atoms with Gasteiger partial charge in [-0.1, -0.05) is 19.1 Å². The van der Waals surface area contributed by atoms with Crippen LogP contribution in [0.4, 0.5) is 0 Å². The Morgan fingerprint density at radius 1 is 1.45 bits per heavy atom. The van der Waals surface area contributed by atoms with Gasteiger partial charge in [-0.15, -0.1) is 0 Å². The standard InChI is InChI=1S/C10H16O/c1-10-7-3-2-4-8(10)5-6-9(10)11/h2,4,8-9,11H,3,5-7H2,1H3. The second-order valence-corrected chi connectivity index (χ2v) is 4.17. The van der Waals surface area contributed by atoms with Crippen LogP contribution < -0.4 is 0 Å². The first kappa shape index (κ1) is 7.35. The lowest BCUT2D eigenvalue weighted by molar-refractivity contribution is 0.0409. The highest BCUT2D eigenvalue weighted by Gasteiger charge is 2.44. The number of allylic oxidation sites excluding steroid dienone is 2. The van der Waals surface area contributed by atoms with Crippen molar-refractivity contribution in [2.24, 2.45) is 11.3 Å².